The summed E-state index contributed by atoms with van der Waals surface area (Å²) >= 11 is 3.38. The highest BCUT2D eigenvalue weighted by Gasteiger charge is 2.36. The Bertz CT molecular complexity index is 1020. The molecule has 7 heteroatoms. The Morgan fingerprint density at radius 1 is 1.15 bits per heavy atom. The van der Waals surface area contributed by atoms with Gasteiger partial charge in [-0.15, -0.1) is 0 Å². The molecule has 2 amide bonds. The number of rotatable bonds is 3. The molecule has 136 valence electrons. The van der Waals surface area contributed by atoms with Gasteiger partial charge in [0.1, 0.15) is 11.5 Å². The van der Waals surface area contributed by atoms with Gasteiger partial charge in [-0.1, -0.05) is 34.1 Å². The summed E-state index contributed by atoms with van der Waals surface area (Å²) in [5.41, 5.74) is 4.30. The minimum Gasteiger partial charge on any atom is -0.462 e. The average molecular weight is 426 g/mol. The standard InChI is InChI=1S/C20H16BrN3O3/c1-12-7-10-17(27-12)18-22-16-9-8-14(21)11-15(16)20(26)24(18)23-19(25)13-5-3-2-4-6-13/h2-11,18,22H,1H3,(H,23,25)/t18-/m1/s1. The Balaban J connectivity index is 1.72. The third-order valence-corrected chi connectivity index (χ3v) is 4.76. The van der Waals surface area contributed by atoms with Crippen LogP contribution in [-0.2, 0) is 0 Å². The first-order valence-electron chi connectivity index (χ1n) is 8.35. The number of amides is 2. The maximum atomic E-state index is 13.1. The van der Waals surface area contributed by atoms with E-state index in [2.05, 4.69) is 26.7 Å². The van der Waals surface area contributed by atoms with Crippen molar-refractivity contribution < 1.29 is 14.0 Å². The zero-order valence-corrected chi connectivity index (χ0v) is 16.0. The number of hydrogen-bond donors (Lipinski definition) is 2. The smallest absolute Gasteiger partial charge is 0.276 e. The molecule has 2 aromatic carbocycles. The van der Waals surface area contributed by atoms with E-state index in [0.717, 1.165) is 10.2 Å². The molecule has 0 fully saturated rings. The number of furan rings is 1. The zero-order chi connectivity index (χ0) is 19.0. The number of benzene rings is 2. The third-order valence-electron chi connectivity index (χ3n) is 4.27. The van der Waals surface area contributed by atoms with Crippen molar-refractivity contribution in [1.82, 2.24) is 10.4 Å². The van der Waals surface area contributed by atoms with Crippen LogP contribution in [0.1, 0.15) is 38.4 Å². The largest absolute Gasteiger partial charge is 0.462 e. The summed E-state index contributed by atoms with van der Waals surface area (Å²) in [4.78, 5) is 25.8. The van der Waals surface area contributed by atoms with Crippen molar-refractivity contribution in [2.75, 3.05) is 5.32 Å². The van der Waals surface area contributed by atoms with E-state index in [1.54, 1.807) is 36.4 Å². The van der Waals surface area contributed by atoms with Gasteiger partial charge in [0.2, 0.25) is 0 Å². The lowest BCUT2D eigenvalue weighted by atomic mass is 10.1. The van der Waals surface area contributed by atoms with Crippen molar-refractivity contribution in [2.45, 2.75) is 13.1 Å². The molecule has 0 saturated heterocycles. The number of nitrogens with one attached hydrogen (secondary N) is 2. The molecule has 4 rings (SSSR count). The van der Waals surface area contributed by atoms with Crippen LogP contribution in [0.2, 0.25) is 0 Å². The SMILES string of the molecule is Cc1ccc([C@@H]2Nc3ccc(Br)cc3C(=O)N2NC(=O)c2ccccc2)o1. The van der Waals surface area contributed by atoms with Crippen molar-refractivity contribution in [3.05, 3.63) is 87.8 Å². The first-order chi connectivity index (χ1) is 13.0. The number of hydrogen-bond acceptors (Lipinski definition) is 4. The summed E-state index contributed by atoms with van der Waals surface area (Å²) in [5, 5.41) is 4.53. The Morgan fingerprint density at radius 3 is 2.63 bits per heavy atom. The van der Waals surface area contributed by atoms with Crippen molar-refractivity contribution >= 4 is 33.4 Å². The van der Waals surface area contributed by atoms with E-state index < -0.39 is 6.17 Å². The lowest BCUT2D eigenvalue weighted by Gasteiger charge is -2.36. The minimum atomic E-state index is -0.660. The van der Waals surface area contributed by atoms with Crippen LogP contribution in [0.15, 0.2) is 69.6 Å². The summed E-state index contributed by atoms with van der Waals surface area (Å²) in [7, 11) is 0. The van der Waals surface area contributed by atoms with Gasteiger partial charge in [-0.05, 0) is 49.4 Å². The van der Waals surface area contributed by atoms with Gasteiger partial charge in [-0.25, -0.2) is 5.01 Å². The number of carbonyl (C=O) groups excluding carboxylic acids is 2. The Kier molecular flexibility index (Phi) is 4.45. The molecule has 1 aromatic heterocycles. The molecular weight excluding hydrogens is 410 g/mol. The van der Waals surface area contributed by atoms with Crippen LogP contribution in [-0.4, -0.2) is 16.8 Å². The van der Waals surface area contributed by atoms with Crippen LogP contribution in [0, 0.1) is 6.92 Å². The molecule has 1 aliphatic heterocycles. The van der Waals surface area contributed by atoms with E-state index in [-0.39, 0.29) is 11.8 Å². The second kappa shape index (κ2) is 6.92. The first-order valence-corrected chi connectivity index (χ1v) is 9.14. The Hall–Kier alpha value is -3.06. The summed E-state index contributed by atoms with van der Waals surface area (Å²) in [6.45, 7) is 1.83. The van der Waals surface area contributed by atoms with Crippen LogP contribution in [0.4, 0.5) is 5.69 Å². The number of halogens is 1. The average Bonchev–Trinajstić information content (AvgIpc) is 3.11. The molecule has 6 nitrogen and oxygen atoms in total. The fourth-order valence-electron chi connectivity index (χ4n) is 2.96. The highest BCUT2D eigenvalue weighted by Crippen LogP contribution is 2.34. The molecule has 0 saturated carbocycles. The number of anilines is 1. The monoisotopic (exact) mass is 425 g/mol. The fourth-order valence-corrected chi connectivity index (χ4v) is 3.32. The molecule has 1 aliphatic rings. The van der Waals surface area contributed by atoms with E-state index in [0.29, 0.717) is 22.6 Å². The molecule has 2 heterocycles. The number of nitrogens with zero attached hydrogens (tertiary/aromatic N) is 1. The summed E-state index contributed by atoms with van der Waals surface area (Å²) < 4.78 is 6.49. The predicted octanol–water partition coefficient (Wildman–Crippen LogP) is 4.26. The van der Waals surface area contributed by atoms with E-state index in [1.165, 1.54) is 5.01 Å². The molecule has 2 N–H and O–H groups in total. The quantitative estimate of drug-likeness (QED) is 0.657. The van der Waals surface area contributed by atoms with Crippen LogP contribution in [0.3, 0.4) is 0 Å². The molecular formula is C20H16BrN3O3. The topological polar surface area (TPSA) is 74.6 Å². The maximum absolute atomic E-state index is 13.1. The summed E-state index contributed by atoms with van der Waals surface area (Å²) in [6, 6.07) is 17.7. The van der Waals surface area contributed by atoms with E-state index >= 15 is 0 Å². The Labute approximate surface area is 164 Å². The highest BCUT2D eigenvalue weighted by atomic mass is 79.9. The van der Waals surface area contributed by atoms with Crippen LogP contribution >= 0.6 is 15.9 Å². The second-order valence-corrected chi connectivity index (χ2v) is 7.08. The molecule has 0 bridgehead atoms. The minimum absolute atomic E-state index is 0.326. The normalized spacial score (nSPS) is 15.9. The lowest BCUT2D eigenvalue weighted by Crippen LogP contribution is -2.52. The highest BCUT2D eigenvalue weighted by molar-refractivity contribution is 9.10. The zero-order valence-electron chi connectivity index (χ0n) is 14.4. The molecule has 0 spiro atoms. The molecule has 0 aliphatic carbocycles. The van der Waals surface area contributed by atoms with Crippen molar-refractivity contribution in [3.8, 4) is 0 Å². The van der Waals surface area contributed by atoms with Crippen molar-refractivity contribution in [2.24, 2.45) is 0 Å². The summed E-state index contributed by atoms with van der Waals surface area (Å²) in [6.07, 6.45) is -0.660. The summed E-state index contributed by atoms with van der Waals surface area (Å²) in [5.74, 6) is 0.545. The molecule has 0 radical (unpaired) electrons. The van der Waals surface area contributed by atoms with Gasteiger partial charge in [-0.2, -0.15) is 0 Å². The van der Waals surface area contributed by atoms with Gasteiger partial charge in [-0.3, -0.25) is 15.0 Å². The number of fused-ring (bicyclic) bond motifs is 1. The maximum Gasteiger partial charge on any atom is 0.276 e. The van der Waals surface area contributed by atoms with E-state index in [9.17, 15) is 9.59 Å². The van der Waals surface area contributed by atoms with Crippen LogP contribution in [0.25, 0.3) is 0 Å². The van der Waals surface area contributed by atoms with Gasteiger partial charge in [0, 0.05) is 15.7 Å². The number of carbonyl (C=O) groups is 2. The van der Waals surface area contributed by atoms with Crippen LogP contribution in [0.5, 0.6) is 0 Å². The fraction of sp³-hybridized carbons (Fsp3) is 0.100. The van der Waals surface area contributed by atoms with Gasteiger partial charge in [0.25, 0.3) is 11.8 Å². The Morgan fingerprint density at radius 2 is 1.93 bits per heavy atom. The van der Waals surface area contributed by atoms with Gasteiger partial charge < -0.3 is 9.73 Å². The van der Waals surface area contributed by atoms with E-state index in [1.807, 2.05) is 31.2 Å². The second-order valence-electron chi connectivity index (χ2n) is 6.17. The van der Waals surface area contributed by atoms with Crippen LogP contribution < -0.4 is 10.7 Å². The van der Waals surface area contributed by atoms with Crippen molar-refractivity contribution in [3.63, 3.8) is 0 Å². The lowest BCUT2D eigenvalue weighted by molar-refractivity contribution is 0.0466. The number of hydrazine groups is 1. The predicted molar refractivity (Wildman–Crippen MR) is 104 cm³/mol. The molecule has 1 atom stereocenters. The number of aryl methyl sites for hydroxylation is 1. The third kappa shape index (κ3) is 3.33. The molecule has 3 aromatic rings. The first kappa shape index (κ1) is 17.4. The van der Waals surface area contributed by atoms with Gasteiger partial charge >= 0.3 is 0 Å². The van der Waals surface area contributed by atoms with E-state index in [4.69, 9.17) is 4.42 Å². The van der Waals surface area contributed by atoms with Gasteiger partial charge in [0.05, 0.1) is 5.56 Å². The van der Waals surface area contributed by atoms with Crippen molar-refractivity contribution in [1.29, 1.82) is 0 Å². The molecule has 27 heavy (non-hydrogen) atoms. The molecule has 0 unspecified atom stereocenters. The van der Waals surface area contributed by atoms with Gasteiger partial charge in [0.15, 0.2) is 6.17 Å².